The SMILES string of the molecule is CCCN1C(=O)C2C(C(=O)OC)NC(c3cccc(C#N)c3)C2C1=O. The third-order valence-corrected chi connectivity index (χ3v) is 4.84. The van der Waals surface area contributed by atoms with E-state index in [9.17, 15) is 14.4 Å². The highest BCUT2D eigenvalue weighted by molar-refractivity contribution is 6.08. The molecule has 2 saturated heterocycles. The zero-order valence-corrected chi connectivity index (χ0v) is 14.1. The van der Waals surface area contributed by atoms with Gasteiger partial charge in [0, 0.05) is 12.6 Å². The zero-order valence-electron chi connectivity index (χ0n) is 14.1. The summed E-state index contributed by atoms with van der Waals surface area (Å²) in [6, 6.07) is 7.53. The molecule has 2 heterocycles. The molecule has 4 atom stereocenters. The van der Waals surface area contributed by atoms with Gasteiger partial charge in [-0.3, -0.25) is 24.6 Å². The van der Waals surface area contributed by atoms with E-state index in [0.717, 1.165) is 0 Å². The minimum Gasteiger partial charge on any atom is -0.468 e. The number of ether oxygens (including phenoxy) is 1. The van der Waals surface area contributed by atoms with E-state index in [1.54, 1.807) is 24.3 Å². The van der Waals surface area contributed by atoms with Crippen LogP contribution in [0.3, 0.4) is 0 Å². The smallest absolute Gasteiger partial charge is 0.323 e. The molecular weight excluding hydrogens is 322 g/mol. The van der Waals surface area contributed by atoms with Crippen LogP contribution in [0.1, 0.15) is 30.5 Å². The number of nitrogens with one attached hydrogen (secondary N) is 1. The average Bonchev–Trinajstić information content (AvgIpc) is 3.14. The zero-order chi connectivity index (χ0) is 18.1. The Morgan fingerprint density at radius 1 is 1.32 bits per heavy atom. The number of fused-ring (bicyclic) bond motifs is 1. The summed E-state index contributed by atoms with van der Waals surface area (Å²) in [5.74, 6) is -2.62. The fourth-order valence-electron chi connectivity index (χ4n) is 3.77. The largest absolute Gasteiger partial charge is 0.468 e. The van der Waals surface area contributed by atoms with Crippen LogP contribution >= 0.6 is 0 Å². The highest BCUT2D eigenvalue weighted by Crippen LogP contribution is 2.44. The van der Waals surface area contributed by atoms with Gasteiger partial charge in [-0.05, 0) is 24.1 Å². The number of carbonyl (C=O) groups excluding carboxylic acids is 3. The van der Waals surface area contributed by atoms with Gasteiger partial charge >= 0.3 is 5.97 Å². The van der Waals surface area contributed by atoms with Crippen LogP contribution in [0, 0.1) is 23.2 Å². The Hall–Kier alpha value is -2.72. The maximum absolute atomic E-state index is 12.8. The summed E-state index contributed by atoms with van der Waals surface area (Å²) in [7, 11) is 1.26. The predicted molar refractivity (Wildman–Crippen MR) is 86.8 cm³/mol. The molecule has 4 unspecified atom stereocenters. The molecule has 0 spiro atoms. The molecule has 3 rings (SSSR count). The normalized spacial score (nSPS) is 28.0. The molecule has 2 aliphatic heterocycles. The van der Waals surface area contributed by atoms with Gasteiger partial charge in [0.25, 0.3) is 0 Å². The van der Waals surface area contributed by atoms with Crippen molar-refractivity contribution in [1.82, 2.24) is 10.2 Å². The van der Waals surface area contributed by atoms with Crippen molar-refractivity contribution < 1.29 is 19.1 Å². The van der Waals surface area contributed by atoms with Gasteiger partial charge in [-0.2, -0.15) is 5.26 Å². The summed E-state index contributed by atoms with van der Waals surface area (Å²) in [5.41, 5.74) is 1.17. The first-order valence-corrected chi connectivity index (χ1v) is 8.22. The lowest BCUT2D eigenvalue weighted by molar-refractivity contribution is -0.148. The van der Waals surface area contributed by atoms with Crippen molar-refractivity contribution in [3.8, 4) is 6.07 Å². The Bertz CT molecular complexity index is 770. The Balaban J connectivity index is 2.03. The van der Waals surface area contributed by atoms with E-state index in [2.05, 4.69) is 11.4 Å². The topological polar surface area (TPSA) is 99.5 Å². The highest BCUT2D eigenvalue weighted by Gasteiger charge is 2.60. The number of imide groups is 1. The van der Waals surface area contributed by atoms with Crippen molar-refractivity contribution >= 4 is 17.8 Å². The van der Waals surface area contributed by atoms with E-state index in [0.29, 0.717) is 24.1 Å². The summed E-state index contributed by atoms with van der Waals surface area (Å²) in [6.45, 7) is 2.22. The van der Waals surface area contributed by atoms with Crippen LogP contribution in [-0.2, 0) is 19.1 Å². The molecule has 0 aromatic heterocycles. The van der Waals surface area contributed by atoms with Crippen LogP contribution in [0.4, 0.5) is 0 Å². The minimum atomic E-state index is -0.871. The van der Waals surface area contributed by atoms with Gasteiger partial charge < -0.3 is 4.74 Å². The molecule has 130 valence electrons. The number of nitrogens with zero attached hydrogens (tertiary/aromatic N) is 2. The number of rotatable bonds is 4. The van der Waals surface area contributed by atoms with E-state index >= 15 is 0 Å². The number of carbonyl (C=O) groups is 3. The van der Waals surface area contributed by atoms with Crippen molar-refractivity contribution in [2.24, 2.45) is 11.8 Å². The minimum absolute atomic E-state index is 0.275. The van der Waals surface area contributed by atoms with Crippen LogP contribution in [0.25, 0.3) is 0 Å². The average molecular weight is 341 g/mol. The lowest BCUT2D eigenvalue weighted by Crippen LogP contribution is -2.43. The second-order valence-electron chi connectivity index (χ2n) is 6.26. The maximum atomic E-state index is 12.8. The lowest BCUT2D eigenvalue weighted by Gasteiger charge is -2.21. The molecule has 25 heavy (non-hydrogen) atoms. The number of likely N-dealkylation sites (tertiary alicyclic amines) is 1. The fraction of sp³-hybridized carbons (Fsp3) is 0.444. The van der Waals surface area contributed by atoms with E-state index in [1.165, 1.54) is 12.0 Å². The van der Waals surface area contributed by atoms with Gasteiger partial charge in [-0.15, -0.1) is 0 Å². The molecule has 2 fully saturated rings. The molecule has 1 aromatic rings. The molecule has 1 N–H and O–H groups in total. The van der Waals surface area contributed by atoms with Gasteiger partial charge in [0.15, 0.2) is 0 Å². The lowest BCUT2D eigenvalue weighted by atomic mass is 9.86. The van der Waals surface area contributed by atoms with Gasteiger partial charge in [-0.1, -0.05) is 19.1 Å². The summed E-state index contributed by atoms with van der Waals surface area (Å²) in [6.07, 6.45) is 0.655. The number of esters is 1. The van der Waals surface area contributed by atoms with Crippen molar-refractivity contribution in [2.45, 2.75) is 25.4 Å². The predicted octanol–water partition coefficient (Wildman–Crippen LogP) is 0.755. The number of hydrogen-bond acceptors (Lipinski definition) is 6. The summed E-state index contributed by atoms with van der Waals surface area (Å²) < 4.78 is 4.81. The van der Waals surface area contributed by atoms with Crippen LogP contribution < -0.4 is 5.32 Å². The molecule has 2 amide bonds. The summed E-state index contributed by atoms with van der Waals surface area (Å²) in [5, 5.41) is 12.2. The second-order valence-corrected chi connectivity index (χ2v) is 6.26. The third kappa shape index (κ3) is 2.68. The number of methoxy groups -OCH3 is 1. The molecule has 0 bridgehead atoms. The molecule has 0 radical (unpaired) electrons. The first kappa shape index (κ1) is 17.1. The number of nitriles is 1. The molecule has 2 aliphatic rings. The summed E-state index contributed by atoms with van der Waals surface area (Å²) >= 11 is 0. The van der Waals surface area contributed by atoms with Crippen molar-refractivity contribution in [3.63, 3.8) is 0 Å². The molecule has 0 aliphatic carbocycles. The summed E-state index contributed by atoms with van der Waals surface area (Å²) in [4.78, 5) is 39.0. The second kappa shape index (κ2) is 6.65. The Kier molecular flexibility index (Phi) is 4.55. The van der Waals surface area contributed by atoms with Crippen LogP contribution in [0.15, 0.2) is 24.3 Å². The standard InChI is InChI=1S/C18H19N3O4/c1-3-7-21-16(22)12-13(17(21)23)15(18(24)25-2)20-14(12)11-6-4-5-10(8-11)9-19/h4-6,8,12-15,20H,3,7H2,1-2H3. The van der Waals surface area contributed by atoms with E-state index in [-0.39, 0.29) is 11.8 Å². The van der Waals surface area contributed by atoms with Crippen molar-refractivity contribution in [1.29, 1.82) is 5.26 Å². The Morgan fingerprint density at radius 2 is 2.04 bits per heavy atom. The Morgan fingerprint density at radius 3 is 2.68 bits per heavy atom. The first-order chi connectivity index (χ1) is 12.0. The van der Waals surface area contributed by atoms with E-state index in [4.69, 9.17) is 10.00 Å². The monoisotopic (exact) mass is 341 g/mol. The molecule has 1 aromatic carbocycles. The molecule has 7 heteroatoms. The third-order valence-electron chi connectivity index (χ3n) is 4.84. The highest BCUT2D eigenvalue weighted by atomic mass is 16.5. The van der Waals surface area contributed by atoms with E-state index in [1.807, 2.05) is 6.92 Å². The number of amides is 2. The quantitative estimate of drug-likeness (QED) is 0.641. The fourth-order valence-corrected chi connectivity index (χ4v) is 3.77. The first-order valence-electron chi connectivity index (χ1n) is 8.22. The molecule has 7 nitrogen and oxygen atoms in total. The van der Waals surface area contributed by atoms with Gasteiger partial charge in [-0.25, -0.2) is 0 Å². The van der Waals surface area contributed by atoms with Crippen LogP contribution in [0.5, 0.6) is 0 Å². The molecule has 0 saturated carbocycles. The maximum Gasteiger partial charge on any atom is 0.323 e. The van der Waals surface area contributed by atoms with Gasteiger partial charge in [0.2, 0.25) is 11.8 Å². The van der Waals surface area contributed by atoms with E-state index < -0.39 is 29.9 Å². The van der Waals surface area contributed by atoms with Gasteiger partial charge in [0.1, 0.15) is 6.04 Å². The van der Waals surface area contributed by atoms with Crippen molar-refractivity contribution in [2.75, 3.05) is 13.7 Å². The number of benzene rings is 1. The van der Waals surface area contributed by atoms with Gasteiger partial charge in [0.05, 0.1) is 30.6 Å². The van der Waals surface area contributed by atoms with Crippen LogP contribution in [0.2, 0.25) is 0 Å². The number of hydrogen-bond donors (Lipinski definition) is 1. The van der Waals surface area contributed by atoms with Crippen LogP contribution in [-0.4, -0.2) is 42.4 Å². The Labute approximate surface area is 145 Å². The van der Waals surface area contributed by atoms with Crippen molar-refractivity contribution in [3.05, 3.63) is 35.4 Å². The molecular formula is C18H19N3O4.